The van der Waals surface area contributed by atoms with Gasteiger partial charge in [0.1, 0.15) is 5.60 Å². The number of methoxy groups -OCH3 is 1. The van der Waals surface area contributed by atoms with Crippen LogP contribution in [0.2, 0.25) is 0 Å². The molecular formula is C14H28N2O3. The Kier molecular flexibility index (Phi) is 5.62. The Bertz CT molecular complexity index is 302. The van der Waals surface area contributed by atoms with Crippen molar-refractivity contribution in [2.24, 2.45) is 0 Å². The van der Waals surface area contributed by atoms with Gasteiger partial charge in [-0.05, 0) is 47.1 Å². The summed E-state index contributed by atoms with van der Waals surface area (Å²) in [4.78, 5) is 13.9. The highest BCUT2D eigenvalue weighted by Gasteiger charge is 2.34. The minimum Gasteiger partial charge on any atom is -0.444 e. The SMILES string of the molecule is CNCC1(OC)CCCN(C(=O)OC(C)(C)C)CC1. The van der Waals surface area contributed by atoms with Gasteiger partial charge < -0.3 is 19.7 Å². The molecule has 0 aliphatic carbocycles. The number of ether oxygens (including phenoxy) is 2. The first-order valence-electron chi connectivity index (χ1n) is 7.00. The van der Waals surface area contributed by atoms with Crippen LogP contribution in [-0.4, -0.2) is 56.0 Å². The standard InChI is InChI=1S/C14H28N2O3/c1-13(2,3)19-12(17)16-9-6-7-14(18-5,8-10-16)11-15-4/h15H,6-11H2,1-5H3. The zero-order chi connectivity index (χ0) is 14.5. The van der Waals surface area contributed by atoms with Gasteiger partial charge in [-0.15, -0.1) is 0 Å². The maximum atomic E-state index is 12.1. The van der Waals surface area contributed by atoms with Gasteiger partial charge in [0.2, 0.25) is 0 Å². The molecule has 19 heavy (non-hydrogen) atoms. The number of hydrogen-bond donors (Lipinski definition) is 1. The lowest BCUT2D eigenvalue weighted by Gasteiger charge is -2.31. The second-order valence-electron chi connectivity index (χ2n) is 6.24. The first kappa shape index (κ1) is 16.2. The zero-order valence-electron chi connectivity index (χ0n) is 12.9. The van der Waals surface area contributed by atoms with Gasteiger partial charge in [-0.2, -0.15) is 0 Å². The molecule has 112 valence electrons. The van der Waals surface area contributed by atoms with Crippen LogP contribution < -0.4 is 5.32 Å². The number of carbonyl (C=O) groups is 1. The summed E-state index contributed by atoms with van der Waals surface area (Å²) < 4.78 is 11.1. The average molecular weight is 272 g/mol. The number of likely N-dealkylation sites (tertiary alicyclic amines) is 1. The second-order valence-corrected chi connectivity index (χ2v) is 6.24. The van der Waals surface area contributed by atoms with Crippen molar-refractivity contribution >= 4 is 6.09 Å². The van der Waals surface area contributed by atoms with Gasteiger partial charge in [0.05, 0.1) is 5.60 Å². The molecule has 1 aliphatic heterocycles. The van der Waals surface area contributed by atoms with E-state index in [-0.39, 0.29) is 11.7 Å². The fourth-order valence-corrected chi connectivity index (χ4v) is 2.45. The normalized spacial score (nSPS) is 25.0. The van der Waals surface area contributed by atoms with Gasteiger partial charge in [0, 0.05) is 26.7 Å². The van der Waals surface area contributed by atoms with Crippen LogP contribution in [0.4, 0.5) is 4.79 Å². The average Bonchev–Trinajstić information content (AvgIpc) is 2.51. The fourth-order valence-electron chi connectivity index (χ4n) is 2.45. The molecule has 0 radical (unpaired) electrons. The van der Waals surface area contributed by atoms with E-state index < -0.39 is 5.60 Å². The third-order valence-electron chi connectivity index (χ3n) is 3.48. The topological polar surface area (TPSA) is 50.8 Å². The largest absolute Gasteiger partial charge is 0.444 e. The van der Waals surface area contributed by atoms with E-state index >= 15 is 0 Å². The van der Waals surface area contributed by atoms with Crippen LogP contribution in [0, 0.1) is 0 Å². The summed E-state index contributed by atoms with van der Waals surface area (Å²) in [5, 5.41) is 3.18. The highest BCUT2D eigenvalue weighted by molar-refractivity contribution is 5.68. The van der Waals surface area contributed by atoms with Crippen LogP contribution in [0.1, 0.15) is 40.0 Å². The minimum atomic E-state index is -0.438. The van der Waals surface area contributed by atoms with Crippen molar-refractivity contribution in [1.82, 2.24) is 10.2 Å². The van der Waals surface area contributed by atoms with Gasteiger partial charge in [0.25, 0.3) is 0 Å². The van der Waals surface area contributed by atoms with E-state index in [4.69, 9.17) is 9.47 Å². The first-order valence-corrected chi connectivity index (χ1v) is 7.00. The Morgan fingerprint density at radius 3 is 2.53 bits per heavy atom. The van der Waals surface area contributed by atoms with Crippen molar-refractivity contribution in [3.8, 4) is 0 Å². The minimum absolute atomic E-state index is 0.161. The van der Waals surface area contributed by atoms with Crippen molar-refractivity contribution in [2.45, 2.75) is 51.2 Å². The van der Waals surface area contributed by atoms with Crippen molar-refractivity contribution in [3.05, 3.63) is 0 Å². The lowest BCUT2D eigenvalue weighted by Crippen LogP contribution is -2.43. The zero-order valence-corrected chi connectivity index (χ0v) is 12.9. The quantitative estimate of drug-likeness (QED) is 0.854. The molecule has 1 fully saturated rings. The summed E-state index contributed by atoms with van der Waals surface area (Å²) in [5.74, 6) is 0. The van der Waals surface area contributed by atoms with Crippen molar-refractivity contribution in [1.29, 1.82) is 0 Å². The van der Waals surface area contributed by atoms with Crippen molar-refractivity contribution in [3.63, 3.8) is 0 Å². The lowest BCUT2D eigenvalue weighted by molar-refractivity contribution is -0.0205. The summed E-state index contributed by atoms with van der Waals surface area (Å²) in [7, 11) is 3.68. The first-order chi connectivity index (χ1) is 8.82. The molecule has 1 rings (SSSR count). The molecule has 0 aromatic heterocycles. The van der Waals surface area contributed by atoms with E-state index in [2.05, 4.69) is 5.32 Å². The summed E-state index contributed by atoms with van der Waals surface area (Å²) in [6, 6.07) is 0. The van der Waals surface area contributed by atoms with Gasteiger partial charge in [-0.3, -0.25) is 0 Å². The van der Waals surface area contributed by atoms with Crippen LogP contribution in [0.3, 0.4) is 0 Å². The highest BCUT2D eigenvalue weighted by Crippen LogP contribution is 2.26. The molecule has 1 amide bonds. The van der Waals surface area contributed by atoms with Gasteiger partial charge in [0.15, 0.2) is 0 Å². The van der Waals surface area contributed by atoms with Crippen LogP contribution in [0.5, 0.6) is 0 Å². The summed E-state index contributed by atoms with van der Waals surface area (Å²) in [6.07, 6.45) is 2.52. The summed E-state index contributed by atoms with van der Waals surface area (Å²) in [5.41, 5.74) is -0.599. The Morgan fingerprint density at radius 2 is 2.00 bits per heavy atom. The molecule has 0 aromatic rings. The van der Waals surface area contributed by atoms with Gasteiger partial charge in [-0.25, -0.2) is 4.79 Å². The molecule has 0 aromatic carbocycles. The smallest absolute Gasteiger partial charge is 0.410 e. The van der Waals surface area contributed by atoms with Crippen LogP contribution in [0.25, 0.3) is 0 Å². The molecule has 0 saturated carbocycles. The number of rotatable bonds is 3. The second kappa shape index (κ2) is 6.57. The van der Waals surface area contributed by atoms with E-state index in [9.17, 15) is 4.79 Å². The monoisotopic (exact) mass is 272 g/mol. The van der Waals surface area contributed by atoms with Crippen molar-refractivity contribution < 1.29 is 14.3 Å². The summed E-state index contributed by atoms with van der Waals surface area (Å²) in [6.45, 7) is 7.91. The van der Waals surface area contributed by atoms with E-state index in [0.717, 1.165) is 32.4 Å². The number of nitrogens with zero attached hydrogens (tertiary/aromatic N) is 1. The maximum absolute atomic E-state index is 12.1. The van der Waals surface area contributed by atoms with Gasteiger partial charge in [-0.1, -0.05) is 0 Å². The van der Waals surface area contributed by atoms with Crippen LogP contribution >= 0.6 is 0 Å². The molecule has 1 unspecified atom stereocenters. The van der Waals surface area contributed by atoms with E-state index in [1.54, 1.807) is 12.0 Å². The highest BCUT2D eigenvalue weighted by atomic mass is 16.6. The third-order valence-corrected chi connectivity index (χ3v) is 3.48. The molecule has 1 saturated heterocycles. The molecule has 1 N–H and O–H groups in total. The van der Waals surface area contributed by atoms with Crippen LogP contribution in [0.15, 0.2) is 0 Å². The number of likely N-dealkylation sites (N-methyl/N-ethyl adjacent to an activating group) is 1. The molecule has 0 spiro atoms. The predicted octanol–water partition coefficient (Wildman–Crippen LogP) is 2.01. The Labute approximate surface area is 116 Å². The number of nitrogens with one attached hydrogen (secondary N) is 1. The molecule has 5 heteroatoms. The molecule has 0 bridgehead atoms. The predicted molar refractivity (Wildman–Crippen MR) is 75.3 cm³/mol. The van der Waals surface area contributed by atoms with E-state index in [0.29, 0.717) is 6.54 Å². The maximum Gasteiger partial charge on any atom is 0.410 e. The fraction of sp³-hybridized carbons (Fsp3) is 0.929. The Morgan fingerprint density at radius 1 is 1.32 bits per heavy atom. The lowest BCUT2D eigenvalue weighted by atomic mass is 9.94. The van der Waals surface area contributed by atoms with Crippen molar-refractivity contribution in [2.75, 3.05) is 33.8 Å². The molecule has 5 nitrogen and oxygen atoms in total. The molecule has 1 heterocycles. The van der Waals surface area contributed by atoms with Crippen LogP contribution in [-0.2, 0) is 9.47 Å². The summed E-state index contributed by atoms with van der Waals surface area (Å²) >= 11 is 0. The molecule has 1 aliphatic rings. The number of carbonyl (C=O) groups excluding carboxylic acids is 1. The number of amides is 1. The Balaban J connectivity index is 2.60. The van der Waals surface area contributed by atoms with Gasteiger partial charge >= 0.3 is 6.09 Å². The molecule has 1 atom stereocenters. The third kappa shape index (κ3) is 4.99. The Hall–Kier alpha value is -0.810. The number of hydrogen-bond acceptors (Lipinski definition) is 4. The van der Waals surface area contributed by atoms with E-state index in [1.165, 1.54) is 0 Å². The molecular weight excluding hydrogens is 244 g/mol. The van der Waals surface area contributed by atoms with E-state index in [1.807, 2.05) is 27.8 Å².